The van der Waals surface area contributed by atoms with Crippen LogP contribution in [0.1, 0.15) is 6.92 Å². The van der Waals surface area contributed by atoms with E-state index in [1.54, 1.807) is 0 Å². The van der Waals surface area contributed by atoms with Gasteiger partial charge in [-0.3, -0.25) is 0 Å². The molecule has 0 amide bonds. The van der Waals surface area contributed by atoms with Crippen LogP contribution >= 0.6 is 11.6 Å². The molecule has 1 unspecified atom stereocenters. The van der Waals surface area contributed by atoms with E-state index < -0.39 is 25.9 Å². The van der Waals surface area contributed by atoms with Gasteiger partial charge < -0.3 is 0 Å². The van der Waals surface area contributed by atoms with Crippen LogP contribution in [0.3, 0.4) is 0 Å². The normalized spacial score (nSPS) is 13.9. The van der Waals surface area contributed by atoms with Gasteiger partial charge >= 0.3 is 0 Å². The van der Waals surface area contributed by atoms with Crippen LogP contribution in [-0.4, -0.2) is 24.5 Å². The van der Waals surface area contributed by atoms with E-state index in [2.05, 4.69) is 4.98 Å². The minimum Gasteiger partial charge on any atom is -0.242 e. The van der Waals surface area contributed by atoms with E-state index in [0.717, 1.165) is 6.07 Å². The van der Waals surface area contributed by atoms with Gasteiger partial charge in [-0.25, -0.2) is 17.8 Å². The average Bonchev–Trinajstić information content (AvgIpc) is 2.17. The summed E-state index contributed by atoms with van der Waals surface area (Å²) in [6.45, 7) is 1.41. The van der Waals surface area contributed by atoms with E-state index in [1.165, 1.54) is 19.2 Å². The molecule has 0 fully saturated rings. The summed E-state index contributed by atoms with van der Waals surface area (Å²) in [5.41, 5.74) is 0. The summed E-state index contributed by atoms with van der Waals surface area (Å²) in [5.74, 6) is -0.928. The summed E-state index contributed by atoms with van der Waals surface area (Å²) in [4.78, 5) is 3.50. The van der Waals surface area contributed by atoms with E-state index in [9.17, 15) is 12.8 Å². The molecule has 3 nitrogen and oxygen atoms in total. The van der Waals surface area contributed by atoms with Gasteiger partial charge in [-0.1, -0.05) is 0 Å². The monoisotopic (exact) mass is 237 g/mol. The van der Waals surface area contributed by atoms with E-state index in [4.69, 9.17) is 11.6 Å². The minimum absolute atomic E-state index is 0.0850. The Morgan fingerprint density at radius 2 is 2.29 bits per heavy atom. The SMILES string of the molecule is CC(CCl)S(=O)(=O)c1ncccc1F. The molecule has 0 radical (unpaired) electrons. The number of aromatic nitrogens is 1. The lowest BCUT2D eigenvalue weighted by Gasteiger charge is -2.08. The van der Waals surface area contributed by atoms with E-state index >= 15 is 0 Å². The molecule has 0 spiro atoms. The smallest absolute Gasteiger partial charge is 0.202 e. The first-order valence-corrected chi connectivity index (χ1v) is 5.98. The van der Waals surface area contributed by atoms with Crippen LogP contribution in [0.5, 0.6) is 0 Å². The standard InChI is InChI=1S/C8H9ClFNO2S/c1-6(5-9)14(12,13)8-7(10)3-2-4-11-8/h2-4,6H,5H2,1H3. The molecule has 0 aliphatic rings. The highest BCUT2D eigenvalue weighted by Gasteiger charge is 2.26. The van der Waals surface area contributed by atoms with Gasteiger partial charge in [0.15, 0.2) is 10.8 Å². The number of rotatable bonds is 3. The maximum Gasteiger partial charge on any atom is 0.202 e. The predicted octanol–water partition coefficient (Wildman–Crippen LogP) is 1.62. The topological polar surface area (TPSA) is 47.0 Å². The Morgan fingerprint density at radius 1 is 1.64 bits per heavy atom. The van der Waals surface area contributed by atoms with E-state index in [-0.39, 0.29) is 5.88 Å². The maximum atomic E-state index is 13.1. The Bertz CT molecular complexity index is 421. The van der Waals surface area contributed by atoms with Crippen molar-refractivity contribution < 1.29 is 12.8 Å². The van der Waals surface area contributed by atoms with Crippen molar-refractivity contribution in [3.63, 3.8) is 0 Å². The molecule has 0 saturated heterocycles. The first kappa shape index (κ1) is 11.4. The fraction of sp³-hybridized carbons (Fsp3) is 0.375. The van der Waals surface area contributed by atoms with Crippen LogP contribution in [-0.2, 0) is 9.84 Å². The van der Waals surface area contributed by atoms with Gasteiger partial charge in [0.05, 0.1) is 5.25 Å². The van der Waals surface area contributed by atoms with Crippen molar-refractivity contribution in [3.05, 3.63) is 24.1 Å². The molecule has 1 heterocycles. The second kappa shape index (κ2) is 4.23. The molecule has 14 heavy (non-hydrogen) atoms. The number of nitrogens with zero attached hydrogens (tertiary/aromatic N) is 1. The zero-order valence-corrected chi connectivity index (χ0v) is 9.02. The number of halogens is 2. The third kappa shape index (κ3) is 2.04. The number of sulfone groups is 1. The fourth-order valence-corrected chi connectivity index (χ4v) is 2.45. The summed E-state index contributed by atoms with van der Waals surface area (Å²) in [5, 5.41) is -1.37. The zero-order chi connectivity index (χ0) is 10.8. The summed E-state index contributed by atoms with van der Waals surface area (Å²) >= 11 is 5.41. The van der Waals surface area contributed by atoms with Crippen molar-refractivity contribution in [2.45, 2.75) is 17.2 Å². The quantitative estimate of drug-likeness (QED) is 0.751. The Balaban J connectivity index is 3.24. The maximum absolute atomic E-state index is 13.1. The van der Waals surface area contributed by atoms with Crippen molar-refractivity contribution in [2.75, 3.05) is 5.88 Å². The zero-order valence-electron chi connectivity index (χ0n) is 7.44. The number of hydrogen-bond acceptors (Lipinski definition) is 3. The van der Waals surface area contributed by atoms with Gasteiger partial charge in [0.1, 0.15) is 0 Å². The highest BCUT2D eigenvalue weighted by Crippen LogP contribution is 2.17. The molecule has 1 atom stereocenters. The van der Waals surface area contributed by atoms with Crippen LogP contribution in [0.15, 0.2) is 23.4 Å². The number of pyridine rings is 1. The van der Waals surface area contributed by atoms with Crippen molar-refractivity contribution in [2.24, 2.45) is 0 Å². The summed E-state index contributed by atoms with van der Waals surface area (Å²) in [7, 11) is -3.74. The fourth-order valence-electron chi connectivity index (χ4n) is 0.854. The van der Waals surface area contributed by atoms with Gasteiger partial charge in [-0.15, -0.1) is 11.6 Å². The first-order valence-electron chi connectivity index (χ1n) is 3.90. The molecule has 0 bridgehead atoms. The van der Waals surface area contributed by atoms with Crippen LogP contribution in [0.4, 0.5) is 4.39 Å². The first-order chi connectivity index (χ1) is 6.50. The van der Waals surface area contributed by atoms with Crippen LogP contribution < -0.4 is 0 Å². The van der Waals surface area contributed by atoms with Crippen LogP contribution in [0.2, 0.25) is 0 Å². The Kier molecular flexibility index (Phi) is 3.44. The predicted molar refractivity (Wildman–Crippen MR) is 51.6 cm³/mol. The average molecular weight is 238 g/mol. The van der Waals surface area contributed by atoms with Gasteiger partial charge in [0.2, 0.25) is 9.84 Å². The largest absolute Gasteiger partial charge is 0.242 e. The molecular weight excluding hydrogens is 229 g/mol. The van der Waals surface area contributed by atoms with Gasteiger partial charge in [0.25, 0.3) is 0 Å². The van der Waals surface area contributed by atoms with Crippen molar-refractivity contribution in [3.8, 4) is 0 Å². The Hall–Kier alpha value is -0.680. The summed E-state index contributed by atoms with van der Waals surface area (Å²) in [6.07, 6.45) is 1.23. The van der Waals surface area contributed by atoms with Crippen molar-refractivity contribution in [1.29, 1.82) is 0 Å². The molecule has 0 N–H and O–H groups in total. The third-order valence-corrected chi connectivity index (χ3v) is 4.45. The lowest BCUT2D eigenvalue weighted by Crippen LogP contribution is -2.21. The van der Waals surface area contributed by atoms with Gasteiger partial charge in [-0.05, 0) is 19.1 Å². The lowest BCUT2D eigenvalue weighted by molar-refractivity contribution is 0.548. The van der Waals surface area contributed by atoms with Crippen molar-refractivity contribution >= 4 is 21.4 Å². The molecule has 0 aliphatic carbocycles. The van der Waals surface area contributed by atoms with Crippen LogP contribution in [0.25, 0.3) is 0 Å². The molecule has 1 aromatic rings. The Labute approximate surface area is 86.8 Å². The molecule has 0 saturated carbocycles. The highest BCUT2D eigenvalue weighted by atomic mass is 35.5. The molecular formula is C8H9ClFNO2S. The van der Waals surface area contributed by atoms with Gasteiger partial charge in [0, 0.05) is 12.1 Å². The second-order valence-corrected chi connectivity index (χ2v) is 5.39. The molecule has 1 rings (SSSR count). The van der Waals surface area contributed by atoms with Gasteiger partial charge in [-0.2, -0.15) is 0 Å². The van der Waals surface area contributed by atoms with Crippen molar-refractivity contribution in [1.82, 2.24) is 4.98 Å². The van der Waals surface area contributed by atoms with E-state index in [1.807, 2.05) is 0 Å². The number of hydrogen-bond donors (Lipinski definition) is 0. The third-order valence-electron chi connectivity index (χ3n) is 1.74. The molecule has 6 heteroatoms. The second-order valence-electron chi connectivity index (χ2n) is 2.80. The lowest BCUT2D eigenvalue weighted by atomic mass is 10.5. The molecule has 78 valence electrons. The summed E-state index contributed by atoms with van der Waals surface area (Å²) < 4.78 is 36.3. The molecule has 0 aromatic carbocycles. The molecule has 0 aliphatic heterocycles. The summed E-state index contributed by atoms with van der Waals surface area (Å²) in [6, 6.07) is 2.39. The minimum atomic E-state index is -3.74. The van der Waals surface area contributed by atoms with E-state index in [0.29, 0.717) is 0 Å². The molecule has 1 aromatic heterocycles. The van der Waals surface area contributed by atoms with Crippen LogP contribution in [0, 0.1) is 5.82 Å². The Morgan fingerprint density at radius 3 is 2.79 bits per heavy atom. The highest BCUT2D eigenvalue weighted by molar-refractivity contribution is 7.92. The number of alkyl halides is 1.